The Morgan fingerprint density at radius 2 is 1.74 bits per heavy atom. The molecule has 2 N–H and O–H groups in total. The smallest absolute Gasteiger partial charge is 0.201 e. The minimum atomic E-state index is -0.0295. The van der Waals surface area contributed by atoms with Gasteiger partial charge in [-0.3, -0.25) is 4.79 Å². The third-order valence-corrected chi connectivity index (χ3v) is 3.47. The van der Waals surface area contributed by atoms with Crippen molar-refractivity contribution in [1.82, 2.24) is 15.0 Å². The van der Waals surface area contributed by atoms with Crippen LogP contribution in [0.1, 0.15) is 0 Å². The number of fused-ring (bicyclic) bond motifs is 4. The van der Waals surface area contributed by atoms with Gasteiger partial charge in [-0.15, -0.1) is 0 Å². The summed E-state index contributed by atoms with van der Waals surface area (Å²) < 4.78 is 0. The van der Waals surface area contributed by atoms with E-state index in [-0.39, 0.29) is 10.7 Å². The predicted molar refractivity (Wildman–Crippen MR) is 76.7 cm³/mol. The van der Waals surface area contributed by atoms with Gasteiger partial charge in [0.05, 0.1) is 16.4 Å². The van der Waals surface area contributed by atoms with Gasteiger partial charge in [-0.1, -0.05) is 12.1 Å². The Kier molecular flexibility index (Phi) is 2.00. The topological polar surface area (TPSA) is 61.5 Å². The van der Waals surface area contributed by atoms with Crippen LogP contribution in [0.5, 0.6) is 0 Å². The molecule has 4 aromatic rings. The van der Waals surface area contributed by atoms with Crippen molar-refractivity contribution in [3.63, 3.8) is 0 Å². The molecule has 2 aromatic heterocycles. The first kappa shape index (κ1) is 10.6. The third kappa shape index (κ3) is 1.40. The van der Waals surface area contributed by atoms with Crippen LogP contribution in [0.3, 0.4) is 0 Å². The van der Waals surface area contributed by atoms with Gasteiger partial charge in [0.1, 0.15) is 5.52 Å². The largest absolute Gasteiger partial charge is 0.354 e. The van der Waals surface area contributed by atoms with E-state index in [0.29, 0.717) is 16.3 Å². The lowest BCUT2D eigenvalue weighted by atomic mass is 10.1. The van der Waals surface area contributed by atoms with E-state index in [9.17, 15) is 4.79 Å². The zero-order valence-corrected chi connectivity index (χ0v) is 10.5. The molecule has 2 aromatic carbocycles. The highest BCUT2D eigenvalue weighted by Crippen LogP contribution is 2.23. The lowest BCUT2D eigenvalue weighted by Crippen LogP contribution is -2.04. The van der Waals surface area contributed by atoms with Gasteiger partial charge in [-0.25, -0.2) is 4.98 Å². The molecule has 0 atom stereocenters. The summed E-state index contributed by atoms with van der Waals surface area (Å²) in [5, 5.41) is 1.51. The van der Waals surface area contributed by atoms with E-state index in [1.807, 2.05) is 30.3 Å². The van der Waals surface area contributed by atoms with Gasteiger partial charge < -0.3 is 9.97 Å². The molecule has 0 aliphatic rings. The first-order valence-corrected chi connectivity index (χ1v) is 6.21. The average molecular weight is 270 g/mol. The van der Waals surface area contributed by atoms with Gasteiger partial charge in [0.15, 0.2) is 5.43 Å². The van der Waals surface area contributed by atoms with Gasteiger partial charge in [-0.05, 0) is 35.9 Å². The summed E-state index contributed by atoms with van der Waals surface area (Å²) in [6.07, 6.45) is 0. The average Bonchev–Trinajstić information content (AvgIpc) is 2.79. The fourth-order valence-electron chi connectivity index (χ4n) is 2.45. The fourth-order valence-corrected chi connectivity index (χ4v) is 2.64. The Bertz CT molecular complexity index is 1000. The highest BCUT2D eigenvalue weighted by atomic mass is 35.5. The van der Waals surface area contributed by atoms with E-state index in [1.165, 1.54) is 0 Å². The lowest BCUT2D eigenvalue weighted by molar-refractivity contribution is 1.34. The summed E-state index contributed by atoms with van der Waals surface area (Å²) in [5.74, 6) is 0. The van der Waals surface area contributed by atoms with Crippen LogP contribution in [0.2, 0.25) is 5.28 Å². The molecule has 2 heterocycles. The Hall–Kier alpha value is -2.33. The molecular weight excluding hydrogens is 262 g/mol. The molecule has 0 saturated heterocycles. The number of para-hydroxylation sites is 1. The summed E-state index contributed by atoms with van der Waals surface area (Å²) in [6.45, 7) is 0. The molecule has 0 spiro atoms. The van der Waals surface area contributed by atoms with Crippen LogP contribution in [-0.4, -0.2) is 15.0 Å². The van der Waals surface area contributed by atoms with Crippen molar-refractivity contribution < 1.29 is 0 Å². The van der Waals surface area contributed by atoms with Crippen LogP contribution in [0.15, 0.2) is 41.2 Å². The van der Waals surface area contributed by atoms with E-state index < -0.39 is 0 Å². The fraction of sp³-hybridized carbons (Fsp3) is 0. The Balaban J connectivity index is 2.36. The number of benzene rings is 2. The molecule has 92 valence electrons. The van der Waals surface area contributed by atoms with Crippen LogP contribution >= 0.6 is 11.6 Å². The molecule has 0 fully saturated rings. The maximum atomic E-state index is 12.6. The number of aromatic amines is 2. The molecule has 0 unspecified atom stereocenters. The zero-order chi connectivity index (χ0) is 13.0. The normalized spacial score (nSPS) is 11.6. The molecule has 0 bridgehead atoms. The summed E-state index contributed by atoms with van der Waals surface area (Å²) in [4.78, 5) is 23.0. The van der Waals surface area contributed by atoms with E-state index in [0.717, 1.165) is 16.6 Å². The second-order valence-electron chi connectivity index (χ2n) is 4.41. The van der Waals surface area contributed by atoms with Gasteiger partial charge in [0.2, 0.25) is 5.28 Å². The SMILES string of the molecule is O=c1c2ccccc2[nH]c2ccc3[nH]c(Cl)nc3c12. The maximum Gasteiger partial charge on any atom is 0.201 e. The second kappa shape index (κ2) is 3.59. The monoisotopic (exact) mass is 269 g/mol. The van der Waals surface area contributed by atoms with E-state index in [4.69, 9.17) is 11.6 Å². The molecule has 4 rings (SSSR count). The minimum absolute atomic E-state index is 0.0295. The first-order valence-electron chi connectivity index (χ1n) is 5.83. The van der Waals surface area contributed by atoms with Crippen molar-refractivity contribution in [3.05, 3.63) is 51.9 Å². The highest BCUT2D eigenvalue weighted by molar-refractivity contribution is 6.29. The number of pyridine rings is 1. The van der Waals surface area contributed by atoms with Crippen molar-refractivity contribution in [2.24, 2.45) is 0 Å². The van der Waals surface area contributed by atoms with Crippen LogP contribution in [0.25, 0.3) is 32.8 Å². The Morgan fingerprint density at radius 1 is 0.947 bits per heavy atom. The molecule has 0 aliphatic heterocycles. The van der Waals surface area contributed by atoms with Crippen LogP contribution < -0.4 is 5.43 Å². The molecule has 5 heteroatoms. The molecule has 4 nitrogen and oxygen atoms in total. The number of rotatable bonds is 0. The zero-order valence-electron chi connectivity index (χ0n) is 9.70. The van der Waals surface area contributed by atoms with Crippen molar-refractivity contribution in [1.29, 1.82) is 0 Å². The number of H-pyrrole nitrogens is 2. The summed E-state index contributed by atoms with van der Waals surface area (Å²) in [6, 6.07) is 11.2. The summed E-state index contributed by atoms with van der Waals surface area (Å²) >= 11 is 5.88. The number of hydrogen-bond acceptors (Lipinski definition) is 2. The highest BCUT2D eigenvalue weighted by Gasteiger charge is 2.11. The Labute approximate surface area is 112 Å². The van der Waals surface area contributed by atoms with E-state index in [1.54, 1.807) is 6.07 Å². The van der Waals surface area contributed by atoms with Crippen LogP contribution in [0, 0.1) is 0 Å². The first-order chi connectivity index (χ1) is 9.24. The number of imidazole rings is 1. The number of nitrogens with zero attached hydrogens (tertiary/aromatic N) is 1. The summed E-state index contributed by atoms with van der Waals surface area (Å²) in [5.41, 5.74) is 2.92. The second-order valence-corrected chi connectivity index (χ2v) is 4.77. The molecule has 0 amide bonds. The standard InChI is InChI=1S/C14H8ClN3O/c15-14-17-10-6-5-9-11(12(10)18-14)13(19)7-3-1-2-4-8(7)16-9/h1-6H,(H,16,19)(H,17,18). The number of nitrogens with one attached hydrogen (secondary N) is 2. The van der Waals surface area contributed by atoms with E-state index >= 15 is 0 Å². The number of aromatic nitrogens is 3. The number of hydrogen-bond donors (Lipinski definition) is 2. The van der Waals surface area contributed by atoms with Gasteiger partial charge in [-0.2, -0.15) is 0 Å². The van der Waals surface area contributed by atoms with E-state index in [2.05, 4.69) is 15.0 Å². The van der Waals surface area contributed by atoms with Crippen molar-refractivity contribution >= 4 is 44.4 Å². The van der Waals surface area contributed by atoms with Crippen molar-refractivity contribution in [2.45, 2.75) is 0 Å². The van der Waals surface area contributed by atoms with Gasteiger partial charge in [0, 0.05) is 10.9 Å². The van der Waals surface area contributed by atoms with Crippen molar-refractivity contribution in [2.75, 3.05) is 0 Å². The maximum absolute atomic E-state index is 12.6. The Morgan fingerprint density at radius 3 is 2.63 bits per heavy atom. The van der Waals surface area contributed by atoms with Gasteiger partial charge >= 0.3 is 0 Å². The molecule has 0 saturated carbocycles. The molecule has 19 heavy (non-hydrogen) atoms. The quantitative estimate of drug-likeness (QED) is 0.482. The third-order valence-electron chi connectivity index (χ3n) is 3.29. The van der Waals surface area contributed by atoms with Gasteiger partial charge in [0.25, 0.3) is 0 Å². The molecule has 0 aliphatic carbocycles. The van der Waals surface area contributed by atoms with Crippen LogP contribution in [0.4, 0.5) is 0 Å². The molecular formula is C14H8ClN3O. The lowest BCUT2D eigenvalue weighted by Gasteiger charge is -2.02. The summed E-state index contributed by atoms with van der Waals surface area (Å²) in [7, 11) is 0. The number of halogens is 1. The van der Waals surface area contributed by atoms with Crippen molar-refractivity contribution in [3.8, 4) is 0 Å². The van der Waals surface area contributed by atoms with Crippen LogP contribution in [-0.2, 0) is 0 Å². The molecule has 0 radical (unpaired) electrons. The minimum Gasteiger partial charge on any atom is -0.354 e. The predicted octanol–water partition coefficient (Wildman–Crippen LogP) is 3.21.